The fourth-order valence-corrected chi connectivity index (χ4v) is 5.24. The Hall–Kier alpha value is -3.37. The molecule has 4 aromatic rings. The lowest BCUT2D eigenvalue weighted by molar-refractivity contribution is 0.102. The van der Waals surface area contributed by atoms with Crippen LogP contribution in [0.3, 0.4) is 0 Å². The first-order valence-electron chi connectivity index (χ1n) is 10.2. The number of carbonyl (C=O) groups is 1. The lowest BCUT2D eigenvalue weighted by atomic mass is 10.1. The molecule has 0 spiro atoms. The van der Waals surface area contributed by atoms with Gasteiger partial charge < -0.3 is 14.0 Å². The lowest BCUT2D eigenvalue weighted by Crippen LogP contribution is -2.12. The molecule has 0 radical (unpaired) electrons. The molecular formula is C23H20N4O4S2. The Balaban J connectivity index is 1.28. The number of benzene rings is 2. The van der Waals surface area contributed by atoms with E-state index in [9.17, 15) is 4.79 Å². The number of thiazole rings is 1. The van der Waals surface area contributed by atoms with Crippen molar-refractivity contribution in [3.8, 4) is 11.5 Å². The number of fused-ring (bicyclic) bond motifs is 1. The summed E-state index contributed by atoms with van der Waals surface area (Å²) in [5, 5.41) is 7.32. The van der Waals surface area contributed by atoms with Crippen molar-refractivity contribution in [1.29, 1.82) is 0 Å². The summed E-state index contributed by atoms with van der Waals surface area (Å²) in [4.78, 5) is 23.7. The minimum Gasteiger partial charge on any atom is -0.454 e. The van der Waals surface area contributed by atoms with Crippen LogP contribution in [0, 0.1) is 13.8 Å². The molecule has 168 valence electrons. The molecule has 2 aromatic carbocycles. The third-order valence-electron chi connectivity index (χ3n) is 4.97. The van der Waals surface area contributed by atoms with E-state index < -0.39 is 0 Å². The standard InChI is InChI=1S/C23H20N4O4S2/c1-13-20(10-15-7-8-17-18(9-15)30-12-29-17)33-23(24-13)26-22(28)16-5-3-4-6-19(16)32-11-21-25-14(2)27-31-21/h3-9H,10-12H2,1-2H3,(H,24,26,28). The van der Waals surface area contributed by atoms with E-state index in [0.29, 0.717) is 34.6 Å². The predicted octanol–water partition coefficient (Wildman–Crippen LogP) is 5.01. The van der Waals surface area contributed by atoms with Crippen molar-refractivity contribution in [2.75, 3.05) is 12.1 Å². The number of amides is 1. The lowest BCUT2D eigenvalue weighted by Gasteiger charge is -2.07. The first kappa shape index (κ1) is 21.5. The zero-order valence-electron chi connectivity index (χ0n) is 18.0. The number of rotatable bonds is 7. The van der Waals surface area contributed by atoms with E-state index in [1.807, 2.05) is 43.3 Å². The van der Waals surface area contributed by atoms with Crippen LogP contribution in [0.5, 0.6) is 11.5 Å². The van der Waals surface area contributed by atoms with Crippen LogP contribution in [0.25, 0.3) is 0 Å². The molecule has 0 unspecified atom stereocenters. The van der Waals surface area contributed by atoms with Gasteiger partial charge in [-0.15, -0.1) is 23.1 Å². The number of anilines is 1. The Morgan fingerprint density at radius 3 is 2.82 bits per heavy atom. The van der Waals surface area contributed by atoms with Gasteiger partial charge in [0.1, 0.15) is 0 Å². The molecule has 10 heteroatoms. The van der Waals surface area contributed by atoms with Gasteiger partial charge in [0.15, 0.2) is 22.5 Å². The maximum atomic E-state index is 13.0. The molecule has 2 aromatic heterocycles. The smallest absolute Gasteiger partial charge is 0.258 e. The van der Waals surface area contributed by atoms with Gasteiger partial charge in [-0.25, -0.2) is 4.98 Å². The molecule has 0 saturated heterocycles. The SMILES string of the molecule is Cc1noc(CSc2ccccc2C(=O)Nc2nc(C)c(Cc3ccc4c(c3)OCO4)s2)n1. The molecule has 5 rings (SSSR count). The van der Waals surface area contributed by atoms with Crippen LogP contribution in [0.15, 0.2) is 51.9 Å². The van der Waals surface area contributed by atoms with Crippen molar-refractivity contribution in [2.24, 2.45) is 0 Å². The summed E-state index contributed by atoms with van der Waals surface area (Å²) in [6.45, 7) is 3.98. The fourth-order valence-electron chi connectivity index (χ4n) is 3.36. The summed E-state index contributed by atoms with van der Waals surface area (Å²) in [6, 6.07) is 13.4. The van der Waals surface area contributed by atoms with Gasteiger partial charge in [0.25, 0.3) is 5.91 Å². The largest absolute Gasteiger partial charge is 0.454 e. The number of hydrogen-bond acceptors (Lipinski definition) is 9. The van der Waals surface area contributed by atoms with Crippen LogP contribution in [0.4, 0.5) is 5.13 Å². The van der Waals surface area contributed by atoms with Crippen molar-refractivity contribution in [3.63, 3.8) is 0 Å². The monoisotopic (exact) mass is 480 g/mol. The van der Waals surface area contributed by atoms with E-state index in [2.05, 4.69) is 20.4 Å². The van der Waals surface area contributed by atoms with Crippen LogP contribution in [-0.4, -0.2) is 27.8 Å². The van der Waals surface area contributed by atoms with Crippen LogP contribution in [0.1, 0.15) is 38.2 Å². The highest BCUT2D eigenvalue weighted by atomic mass is 32.2. The summed E-state index contributed by atoms with van der Waals surface area (Å²) in [6.07, 6.45) is 0.700. The van der Waals surface area contributed by atoms with E-state index in [4.69, 9.17) is 14.0 Å². The second kappa shape index (κ2) is 9.24. The predicted molar refractivity (Wildman–Crippen MR) is 125 cm³/mol. The summed E-state index contributed by atoms with van der Waals surface area (Å²) < 4.78 is 16.0. The normalized spacial score (nSPS) is 12.2. The summed E-state index contributed by atoms with van der Waals surface area (Å²) >= 11 is 2.95. The van der Waals surface area contributed by atoms with Gasteiger partial charge in [0, 0.05) is 16.2 Å². The topological polar surface area (TPSA) is 99.4 Å². The van der Waals surface area contributed by atoms with Crippen molar-refractivity contribution in [3.05, 3.63) is 75.9 Å². The Labute approximate surface area is 198 Å². The number of ether oxygens (including phenoxy) is 2. The average Bonchev–Trinajstić information content (AvgIpc) is 3.53. The van der Waals surface area contributed by atoms with Crippen molar-refractivity contribution in [2.45, 2.75) is 30.9 Å². The van der Waals surface area contributed by atoms with Gasteiger partial charge in [-0.05, 0) is 43.7 Å². The molecule has 0 fully saturated rings. The van der Waals surface area contributed by atoms with Crippen molar-refractivity contribution < 1.29 is 18.8 Å². The van der Waals surface area contributed by atoms with Crippen LogP contribution in [-0.2, 0) is 12.2 Å². The van der Waals surface area contributed by atoms with Gasteiger partial charge in [0.05, 0.1) is 17.0 Å². The molecule has 0 bridgehead atoms. The Kier molecular flexibility index (Phi) is 6.01. The number of aromatic nitrogens is 3. The number of nitrogens with zero attached hydrogens (tertiary/aromatic N) is 3. The van der Waals surface area contributed by atoms with Gasteiger partial charge in [-0.3, -0.25) is 10.1 Å². The van der Waals surface area contributed by atoms with Gasteiger partial charge in [-0.1, -0.05) is 23.4 Å². The molecule has 1 aliphatic rings. The number of aryl methyl sites for hydroxylation is 2. The molecule has 1 aliphatic heterocycles. The molecule has 0 aliphatic carbocycles. The minimum atomic E-state index is -0.205. The van der Waals surface area contributed by atoms with E-state index >= 15 is 0 Å². The highest BCUT2D eigenvalue weighted by Crippen LogP contribution is 2.34. The van der Waals surface area contributed by atoms with E-state index in [-0.39, 0.29) is 12.7 Å². The summed E-state index contributed by atoms with van der Waals surface area (Å²) in [5.74, 6) is 2.92. The van der Waals surface area contributed by atoms with Crippen molar-refractivity contribution in [1.82, 2.24) is 15.1 Å². The maximum absolute atomic E-state index is 13.0. The molecule has 8 nitrogen and oxygen atoms in total. The van der Waals surface area contributed by atoms with E-state index in [0.717, 1.165) is 32.5 Å². The number of hydrogen-bond donors (Lipinski definition) is 1. The van der Waals surface area contributed by atoms with Crippen LogP contribution in [0.2, 0.25) is 0 Å². The number of nitrogens with one attached hydrogen (secondary N) is 1. The Morgan fingerprint density at radius 2 is 1.97 bits per heavy atom. The summed E-state index contributed by atoms with van der Waals surface area (Å²) in [7, 11) is 0. The number of thioether (sulfide) groups is 1. The van der Waals surface area contributed by atoms with Crippen LogP contribution >= 0.6 is 23.1 Å². The highest BCUT2D eigenvalue weighted by Gasteiger charge is 2.18. The third kappa shape index (κ3) is 4.86. The van der Waals surface area contributed by atoms with Gasteiger partial charge in [0.2, 0.25) is 12.7 Å². The zero-order valence-corrected chi connectivity index (χ0v) is 19.6. The first-order chi connectivity index (χ1) is 16.0. The molecule has 0 atom stereocenters. The minimum absolute atomic E-state index is 0.205. The third-order valence-corrected chi connectivity index (χ3v) is 7.10. The van der Waals surface area contributed by atoms with E-state index in [1.165, 1.54) is 23.1 Å². The Bertz CT molecular complexity index is 1320. The molecule has 33 heavy (non-hydrogen) atoms. The maximum Gasteiger partial charge on any atom is 0.258 e. The number of carbonyl (C=O) groups excluding carboxylic acids is 1. The molecule has 3 heterocycles. The molecule has 0 saturated carbocycles. The van der Waals surface area contributed by atoms with Gasteiger partial charge >= 0.3 is 0 Å². The zero-order chi connectivity index (χ0) is 22.8. The van der Waals surface area contributed by atoms with Crippen LogP contribution < -0.4 is 14.8 Å². The Morgan fingerprint density at radius 1 is 1.12 bits per heavy atom. The highest BCUT2D eigenvalue weighted by molar-refractivity contribution is 7.98. The summed E-state index contributed by atoms with van der Waals surface area (Å²) in [5.41, 5.74) is 2.56. The van der Waals surface area contributed by atoms with Gasteiger partial charge in [-0.2, -0.15) is 4.98 Å². The van der Waals surface area contributed by atoms with E-state index in [1.54, 1.807) is 13.0 Å². The molecule has 1 amide bonds. The van der Waals surface area contributed by atoms with Crippen molar-refractivity contribution >= 4 is 34.1 Å². The molecular weight excluding hydrogens is 460 g/mol. The fraction of sp³-hybridized carbons (Fsp3) is 0.217. The first-order valence-corrected chi connectivity index (χ1v) is 12.0. The average molecular weight is 481 g/mol. The quantitative estimate of drug-likeness (QED) is 0.369. The second-order valence-electron chi connectivity index (χ2n) is 7.37. The molecule has 1 N–H and O–H groups in total. The second-order valence-corrected chi connectivity index (χ2v) is 9.47.